The molecule has 0 amide bonds. The zero-order chi connectivity index (χ0) is 22.1. The van der Waals surface area contributed by atoms with Crippen LogP contribution in [0.1, 0.15) is 23.1 Å². The van der Waals surface area contributed by atoms with Crippen LogP contribution in [-0.4, -0.2) is 26.3 Å². The van der Waals surface area contributed by atoms with Gasteiger partial charge in [0.15, 0.2) is 17.4 Å². The fraction of sp³-hybridized carbons (Fsp3) is 0.217. The molecule has 0 spiro atoms. The number of oxazole rings is 1. The summed E-state index contributed by atoms with van der Waals surface area (Å²) in [5, 5.41) is 10.1. The number of nitriles is 1. The molecule has 1 aromatic heterocycles. The SMILES string of the molecule is COc1cc(C2C(C#N)=C(N)N(c3ccccc3)c3oc(C)nc32)cc(OC)c1OC. The molecule has 2 N–H and O–H groups in total. The number of hydrogen-bond donors (Lipinski definition) is 1. The van der Waals surface area contributed by atoms with Gasteiger partial charge in [0.2, 0.25) is 11.6 Å². The third-order valence-corrected chi connectivity index (χ3v) is 5.18. The summed E-state index contributed by atoms with van der Waals surface area (Å²) in [5.41, 5.74) is 8.94. The lowest BCUT2D eigenvalue weighted by Crippen LogP contribution is -2.31. The van der Waals surface area contributed by atoms with Crippen LogP contribution < -0.4 is 24.8 Å². The molecule has 31 heavy (non-hydrogen) atoms. The van der Waals surface area contributed by atoms with E-state index in [9.17, 15) is 5.26 Å². The van der Waals surface area contributed by atoms with E-state index < -0.39 is 5.92 Å². The van der Waals surface area contributed by atoms with Gasteiger partial charge in [0, 0.05) is 6.92 Å². The number of aryl methyl sites for hydroxylation is 1. The summed E-state index contributed by atoms with van der Waals surface area (Å²) >= 11 is 0. The molecule has 1 atom stereocenters. The molecule has 8 heteroatoms. The largest absolute Gasteiger partial charge is 0.493 e. The van der Waals surface area contributed by atoms with E-state index in [2.05, 4.69) is 11.1 Å². The normalized spacial score (nSPS) is 15.3. The van der Waals surface area contributed by atoms with Crippen molar-refractivity contribution in [1.29, 1.82) is 5.26 Å². The molecular weight excluding hydrogens is 396 g/mol. The third-order valence-electron chi connectivity index (χ3n) is 5.18. The Hall–Kier alpha value is -4.12. The summed E-state index contributed by atoms with van der Waals surface area (Å²) in [6.07, 6.45) is 0. The van der Waals surface area contributed by atoms with Crippen LogP contribution in [0.5, 0.6) is 17.2 Å². The number of fused-ring (bicyclic) bond motifs is 1. The standard InChI is InChI=1S/C23H22N4O4/c1-13-26-20-19(14-10-17(28-2)21(30-4)18(11-14)29-3)16(12-24)22(25)27(23(20)31-13)15-8-6-5-7-9-15/h5-11,19H,25H2,1-4H3. The molecule has 158 valence electrons. The Morgan fingerprint density at radius 3 is 2.26 bits per heavy atom. The highest BCUT2D eigenvalue weighted by atomic mass is 16.5. The lowest BCUT2D eigenvalue weighted by Gasteiger charge is -2.31. The molecule has 3 aromatic rings. The minimum absolute atomic E-state index is 0.274. The average molecular weight is 418 g/mol. The maximum atomic E-state index is 10.1. The van der Waals surface area contributed by atoms with Crippen LogP contribution in [-0.2, 0) is 0 Å². The predicted molar refractivity (Wildman–Crippen MR) is 115 cm³/mol. The number of nitrogens with two attached hydrogens (primary N) is 1. The number of benzene rings is 2. The summed E-state index contributed by atoms with van der Waals surface area (Å²) < 4.78 is 22.4. The first-order valence-corrected chi connectivity index (χ1v) is 9.56. The molecule has 2 heterocycles. The highest BCUT2D eigenvalue weighted by Crippen LogP contribution is 2.49. The van der Waals surface area contributed by atoms with Gasteiger partial charge in [-0.25, -0.2) is 4.98 Å². The number of aromatic nitrogens is 1. The van der Waals surface area contributed by atoms with Gasteiger partial charge >= 0.3 is 0 Å². The number of hydrogen-bond acceptors (Lipinski definition) is 8. The van der Waals surface area contributed by atoms with E-state index in [4.69, 9.17) is 24.4 Å². The van der Waals surface area contributed by atoms with Crippen molar-refractivity contribution in [3.05, 3.63) is 71.0 Å². The predicted octanol–water partition coefficient (Wildman–Crippen LogP) is 3.99. The fourth-order valence-electron chi connectivity index (χ4n) is 3.84. The topological polar surface area (TPSA) is 107 Å². The molecular formula is C23H22N4O4. The van der Waals surface area contributed by atoms with Gasteiger partial charge in [-0.05, 0) is 29.8 Å². The second kappa shape index (κ2) is 7.95. The van der Waals surface area contributed by atoms with E-state index in [-0.39, 0.29) is 5.82 Å². The molecule has 0 bridgehead atoms. The van der Waals surface area contributed by atoms with Crippen molar-refractivity contribution in [2.75, 3.05) is 26.2 Å². The van der Waals surface area contributed by atoms with Crippen molar-refractivity contribution in [3.63, 3.8) is 0 Å². The van der Waals surface area contributed by atoms with Crippen LogP contribution in [0.4, 0.5) is 11.6 Å². The molecule has 1 aliphatic heterocycles. The van der Waals surface area contributed by atoms with Crippen molar-refractivity contribution < 1.29 is 18.6 Å². The number of ether oxygens (including phenoxy) is 3. The molecule has 0 saturated carbocycles. The van der Waals surface area contributed by atoms with Gasteiger partial charge in [-0.1, -0.05) is 18.2 Å². The minimum atomic E-state index is -0.564. The Labute approximate surface area is 180 Å². The molecule has 8 nitrogen and oxygen atoms in total. The van der Waals surface area contributed by atoms with Crippen LogP contribution in [0, 0.1) is 18.3 Å². The quantitative estimate of drug-likeness (QED) is 0.663. The van der Waals surface area contributed by atoms with Gasteiger partial charge in [0.05, 0.1) is 44.6 Å². The second-order valence-electron chi connectivity index (χ2n) is 6.90. The van der Waals surface area contributed by atoms with E-state index in [1.807, 2.05) is 30.3 Å². The van der Waals surface area contributed by atoms with Crippen LogP contribution >= 0.6 is 0 Å². The lowest BCUT2D eigenvalue weighted by atomic mass is 9.85. The number of rotatable bonds is 5. The van der Waals surface area contributed by atoms with E-state index in [1.54, 1.807) is 38.2 Å². The zero-order valence-electron chi connectivity index (χ0n) is 17.7. The Kier molecular flexibility index (Phi) is 5.17. The van der Waals surface area contributed by atoms with Gasteiger partial charge in [0.1, 0.15) is 11.5 Å². The van der Waals surface area contributed by atoms with E-state index in [0.29, 0.717) is 40.3 Å². The number of para-hydroxylation sites is 1. The van der Waals surface area contributed by atoms with Gasteiger partial charge < -0.3 is 24.4 Å². The van der Waals surface area contributed by atoms with Crippen LogP contribution in [0.15, 0.2) is 58.3 Å². The maximum absolute atomic E-state index is 10.1. The Morgan fingerprint density at radius 1 is 1.06 bits per heavy atom. The van der Waals surface area contributed by atoms with Crippen LogP contribution in [0.2, 0.25) is 0 Å². The zero-order valence-corrected chi connectivity index (χ0v) is 17.7. The average Bonchev–Trinajstić information content (AvgIpc) is 3.18. The second-order valence-corrected chi connectivity index (χ2v) is 6.90. The van der Waals surface area contributed by atoms with E-state index in [0.717, 1.165) is 11.3 Å². The molecule has 0 aliphatic carbocycles. The highest BCUT2D eigenvalue weighted by Gasteiger charge is 2.39. The summed E-state index contributed by atoms with van der Waals surface area (Å²) in [6.45, 7) is 1.76. The highest BCUT2D eigenvalue weighted by molar-refractivity contribution is 5.73. The van der Waals surface area contributed by atoms with Crippen LogP contribution in [0.25, 0.3) is 0 Å². The first-order chi connectivity index (χ1) is 15.0. The van der Waals surface area contributed by atoms with Gasteiger partial charge in [-0.2, -0.15) is 5.26 Å². The molecule has 0 radical (unpaired) electrons. The molecule has 0 saturated heterocycles. The number of allylic oxidation sites excluding steroid dienone is 1. The third kappa shape index (κ3) is 3.20. The van der Waals surface area contributed by atoms with Gasteiger partial charge in [-0.3, -0.25) is 4.90 Å². The smallest absolute Gasteiger partial charge is 0.230 e. The summed E-state index contributed by atoms with van der Waals surface area (Å²) in [7, 11) is 4.62. The van der Waals surface area contributed by atoms with Gasteiger partial charge in [-0.15, -0.1) is 0 Å². The first-order valence-electron chi connectivity index (χ1n) is 9.56. The Morgan fingerprint density at radius 2 is 1.71 bits per heavy atom. The monoisotopic (exact) mass is 418 g/mol. The summed E-state index contributed by atoms with van der Waals surface area (Å²) in [4.78, 5) is 6.32. The first kappa shape index (κ1) is 20.2. The number of nitrogens with zero attached hydrogens (tertiary/aromatic N) is 3. The van der Waals surface area contributed by atoms with Gasteiger partial charge in [0.25, 0.3) is 0 Å². The van der Waals surface area contributed by atoms with Crippen molar-refractivity contribution in [2.45, 2.75) is 12.8 Å². The fourth-order valence-corrected chi connectivity index (χ4v) is 3.84. The summed E-state index contributed by atoms with van der Waals surface area (Å²) in [6, 6.07) is 15.3. The van der Waals surface area contributed by atoms with Crippen molar-refractivity contribution in [3.8, 4) is 23.3 Å². The lowest BCUT2D eigenvalue weighted by molar-refractivity contribution is 0.323. The Balaban J connectivity index is 1.98. The van der Waals surface area contributed by atoms with Crippen molar-refractivity contribution >= 4 is 11.6 Å². The maximum Gasteiger partial charge on any atom is 0.230 e. The molecule has 2 aromatic carbocycles. The molecule has 4 rings (SSSR count). The molecule has 1 aliphatic rings. The van der Waals surface area contributed by atoms with Crippen molar-refractivity contribution in [2.24, 2.45) is 5.73 Å². The molecule has 1 unspecified atom stereocenters. The Bertz CT molecular complexity index is 1170. The number of anilines is 2. The summed E-state index contributed by atoms with van der Waals surface area (Å²) in [5.74, 6) is 2.05. The number of methoxy groups -OCH3 is 3. The minimum Gasteiger partial charge on any atom is -0.493 e. The van der Waals surface area contributed by atoms with E-state index >= 15 is 0 Å². The molecule has 0 fully saturated rings. The van der Waals surface area contributed by atoms with Crippen LogP contribution in [0.3, 0.4) is 0 Å². The van der Waals surface area contributed by atoms with Crippen molar-refractivity contribution in [1.82, 2.24) is 4.98 Å². The van der Waals surface area contributed by atoms with E-state index in [1.165, 1.54) is 7.11 Å².